The summed E-state index contributed by atoms with van der Waals surface area (Å²) >= 11 is 0. The number of nitrogens with one attached hydrogen (secondary N) is 1. The molecule has 39 heavy (non-hydrogen) atoms. The van der Waals surface area contributed by atoms with E-state index in [0.29, 0.717) is 22.6 Å². The van der Waals surface area contributed by atoms with E-state index in [2.05, 4.69) is 15.6 Å². The number of aryl methyl sites for hydroxylation is 1. The van der Waals surface area contributed by atoms with Crippen LogP contribution >= 0.6 is 0 Å². The van der Waals surface area contributed by atoms with E-state index in [1.807, 2.05) is 30.3 Å². The molecule has 0 saturated heterocycles. The van der Waals surface area contributed by atoms with Gasteiger partial charge in [-0.15, -0.1) is 5.10 Å². The number of aromatic nitrogens is 3. The molecule has 1 aromatic heterocycles. The second-order valence-electron chi connectivity index (χ2n) is 9.24. The number of anilines is 1. The van der Waals surface area contributed by atoms with Gasteiger partial charge in [-0.3, -0.25) is 5.32 Å². The monoisotopic (exact) mass is 534 g/mol. The number of rotatable bonds is 8. The van der Waals surface area contributed by atoms with E-state index in [-0.39, 0.29) is 18.4 Å². The van der Waals surface area contributed by atoms with Crippen molar-refractivity contribution in [2.45, 2.75) is 31.5 Å². The highest BCUT2D eigenvalue weighted by Gasteiger charge is 2.54. The van der Waals surface area contributed by atoms with Crippen molar-refractivity contribution in [2.75, 3.05) is 5.32 Å². The molecular formula is C28H24F2N4O5. The molecule has 11 heteroatoms. The molecule has 0 bridgehead atoms. The van der Waals surface area contributed by atoms with Crippen LogP contribution < -0.4 is 10.1 Å². The molecule has 200 valence electrons. The largest absolute Gasteiger partial charge is 0.478 e. The van der Waals surface area contributed by atoms with Crippen LogP contribution in [0.4, 0.5) is 19.4 Å². The molecule has 0 unspecified atom stereocenters. The molecule has 2 N–H and O–H groups in total. The first-order valence-corrected chi connectivity index (χ1v) is 12.1. The zero-order valence-electron chi connectivity index (χ0n) is 21.0. The van der Waals surface area contributed by atoms with E-state index < -0.39 is 41.2 Å². The maximum Gasteiger partial charge on any atom is 0.413 e. The van der Waals surface area contributed by atoms with Crippen molar-refractivity contribution in [3.05, 3.63) is 83.9 Å². The number of halogens is 2. The van der Waals surface area contributed by atoms with E-state index in [4.69, 9.17) is 9.47 Å². The fourth-order valence-corrected chi connectivity index (χ4v) is 4.08. The molecule has 1 amide bonds. The first kappa shape index (κ1) is 25.8. The standard InChI is InChI=1S/C28H24F2N4O5/c1-16(17-6-4-3-5-7-17)38-27(37)31-25-23(32-33-34(25)2)19-10-8-18(9-11-19)20-14-21(29)24(22(30)15-20)39-28(12-13-28)26(35)36/h3-11,14-16H,12-13H2,1-2H3,(H,31,37)(H,35,36)/t16-/m1/s1. The smallest absolute Gasteiger partial charge is 0.413 e. The Labute approximate surface area is 222 Å². The van der Waals surface area contributed by atoms with Crippen molar-refractivity contribution in [1.82, 2.24) is 15.0 Å². The Balaban J connectivity index is 1.32. The van der Waals surface area contributed by atoms with Crippen molar-refractivity contribution in [3.63, 3.8) is 0 Å². The average molecular weight is 535 g/mol. The number of carbonyl (C=O) groups is 2. The number of aliphatic carboxylic acids is 1. The summed E-state index contributed by atoms with van der Waals surface area (Å²) in [7, 11) is 1.62. The van der Waals surface area contributed by atoms with Crippen LogP contribution in [0.1, 0.15) is 31.4 Å². The summed E-state index contributed by atoms with van der Waals surface area (Å²) in [4.78, 5) is 23.9. The zero-order chi connectivity index (χ0) is 27.7. The fourth-order valence-electron chi connectivity index (χ4n) is 4.08. The van der Waals surface area contributed by atoms with Crippen LogP contribution in [0, 0.1) is 11.6 Å². The van der Waals surface area contributed by atoms with Gasteiger partial charge in [0.15, 0.2) is 23.2 Å². The Bertz CT molecular complexity index is 1510. The number of hydrogen-bond acceptors (Lipinski definition) is 6. The minimum atomic E-state index is -1.57. The molecule has 3 aromatic carbocycles. The Kier molecular flexibility index (Phi) is 6.73. The highest BCUT2D eigenvalue weighted by molar-refractivity contribution is 5.89. The predicted molar refractivity (Wildman–Crippen MR) is 137 cm³/mol. The Morgan fingerprint density at radius 2 is 1.62 bits per heavy atom. The lowest BCUT2D eigenvalue weighted by molar-refractivity contribution is -0.147. The molecule has 0 spiro atoms. The summed E-state index contributed by atoms with van der Waals surface area (Å²) in [6, 6.07) is 18.1. The quantitative estimate of drug-likeness (QED) is 0.296. The second kappa shape index (κ2) is 10.2. The summed E-state index contributed by atoms with van der Waals surface area (Å²) in [6.07, 6.45) is -0.786. The molecule has 5 rings (SSSR count). The highest BCUT2D eigenvalue weighted by atomic mass is 19.1. The van der Waals surface area contributed by atoms with E-state index in [1.54, 1.807) is 38.2 Å². The minimum absolute atomic E-state index is 0.188. The first-order valence-electron chi connectivity index (χ1n) is 12.1. The van der Waals surface area contributed by atoms with Gasteiger partial charge in [0.25, 0.3) is 0 Å². The summed E-state index contributed by atoms with van der Waals surface area (Å²) in [5.41, 5.74) is 0.971. The normalized spacial score (nSPS) is 14.4. The molecule has 1 aliphatic rings. The maximum atomic E-state index is 14.7. The lowest BCUT2D eigenvalue weighted by atomic mass is 10.0. The molecule has 1 fully saturated rings. The van der Waals surface area contributed by atoms with Crippen molar-refractivity contribution in [3.8, 4) is 28.1 Å². The highest BCUT2D eigenvalue weighted by Crippen LogP contribution is 2.42. The lowest BCUT2D eigenvalue weighted by Gasteiger charge is -2.15. The molecule has 1 heterocycles. The van der Waals surface area contributed by atoms with Crippen LogP contribution in [0.5, 0.6) is 5.75 Å². The van der Waals surface area contributed by atoms with Crippen molar-refractivity contribution in [1.29, 1.82) is 0 Å². The molecule has 1 atom stereocenters. The molecule has 1 saturated carbocycles. The van der Waals surface area contributed by atoms with Gasteiger partial charge in [-0.05, 0) is 35.7 Å². The molecule has 0 aliphatic heterocycles. The minimum Gasteiger partial charge on any atom is -0.478 e. The number of carboxylic acid groups (broad SMARTS) is 1. The SMILES string of the molecule is C[C@@H](OC(=O)Nc1c(-c2ccc(-c3cc(F)c(OC4(C(=O)O)CC4)c(F)c3)cc2)nnn1C)c1ccccc1. The van der Waals surface area contributed by atoms with Gasteiger partial charge in [-0.25, -0.2) is 23.1 Å². The van der Waals surface area contributed by atoms with Gasteiger partial charge in [0.05, 0.1) is 0 Å². The first-order chi connectivity index (χ1) is 18.7. The number of benzene rings is 3. The lowest BCUT2D eigenvalue weighted by Crippen LogP contribution is -2.29. The summed E-state index contributed by atoms with van der Waals surface area (Å²) in [5, 5.41) is 20.0. The van der Waals surface area contributed by atoms with E-state index in [9.17, 15) is 23.5 Å². The Morgan fingerprint density at radius 3 is 2.21 bits per heavy atom. The predicted octanol–water partition coefficient (Wildman–Crippen LogP) is 5.73. The summed E-state index contributed by atoms with van der Waals surface area (Å²) in [6.45, 7) is 1.76. The number of hydrogen-bond donors (Lipinski definition) is 2. The van der Waals surface area contributed by atoms with E-state index in [1.165, 1.54) is 4.68 Å². The van der Waals surface area contributed by atoms with E-state index in [0.717, 1.165) is 17.7 Å². The van der Waals surface area contributed by atoms with Crippen LogP contribution in [0.15, 0.2) is 66.7 Å². The van der Waals surface area contributed by atoms with Gasteiger partial charge < -0.3 is 14.6 Å². The topological polar surface area (TPSA) is 116 Å². The third-order valence-corrected chi connectivity index (χ3v) is 6.48. The van der Waals surface area contributed by atoms with E-state index >= 15 is 0 Å². The van der Waals surface area contributed by atoms with Crippen LogP contribution in [-0.2, 0) is 16.6 Å². The van der Waals surface area contributed by atoms with Gasteiger partial charge >= 0.3 is 12.1 Å². The zero-order valence-corrected chi connectivity index (χ0v) is 21.0. The third-order valence-electron chi connectivity index (χ3n) is 6.48. The van der Waals surface area contributed by atoms with Gasteiger partial charge in [0, 0.05) is 25.5 Å². The second-order valence-corrected chi connectivity index (χ2v) is 9.24. The number of nitrogens with zero attached hydrogens (tertiary/aromatic N) is 3. The van der Waals surface area contributed by atoms with Gasteiger partial charge in [0.1, 0.15) is 11.8 Å². The average Bonchev–Trinajstić information content (AvgIpc) is 3.64. The van der Waals surface area contributed by atoms with Gasteiger partial charge in [0.2, 0.25) is 5.60 Å². The fraction of sp³-hybridized carbons (Fsp3) is 0.214. The molecule has 9 nitrogen and oxygen atoms in total. The van der Waals surface area contributed by atoms with Crippen molar-refractivity contribution in [2.24, 2.45) is 7.05 Å². The van der Waals surface area contributed by atoms with Crippen LogP contribution in [-0.4, -0.2) is 37.8 Å². The van der Waals surface area contributed by atoms with Gasteiger partial charge in [-0.1, -0.05) is 59.8 Å². The molecule has 4 aromatic rings. The summed E-state index contributed by atoms with van der Waals surface area (Å²) in [5.74, 6) is -3.65. The van der Waals surface area contributed by atoms with Crippen LogP contribution in [0.2, 0.25) is 0 Å². The third kappa shape index (κ3) is 5.28. The number of carbonyl (C=O) groups excluding carboxylic acids is 1. The molecule has 1 aliphatic carbocycles. The molecule has 0 radical (unpaired) electrons. The Hall–Kier alpha value is -4.80. The summed E-state index contributed by atoms with van der Waals surface area (Å²) < 4.78 is 41.5. The van der Waals surface area contributed by atoms with Crippen LogP contribution in [0.3, 0.4) is 0 Å². The number of ether oxygens (including phenoxy) is 2. The molecular weight excluding hydrogens is 510 g/mol. The number of amides is 1. The Morgan fingerprint density at radius 1 is 1.00 bits per heavy atom. The van der Waals surface area contributed by atoms with Gasteiger partial charge in [-0.2, -0.15) is 0 Å². The van der Waals surface area contributed by atoms with Crippen molar-refractivity contribution >= 4 is 17.9 Å². The number of carboxylic acids is 1. The van der Waals surface area contributed by atoms with Crippen molar-refractivity contribution < 1.29 is 33.0 Å². The maximum absolute atomic E-state index is 14.7. The van der Waals surface area contributed by atoms with Crippen LogP contribution in [0.25, 0.3) is 22.4 Å².